The monoisotopic (exact) mass is 530 g/mol. The molecule has 1 fully saturated rings. The molecule has 2 heterocycles. The molecule has 0 radical (unpaired) electrons. The molecule has 4 rings (SSSR count). The Labute approximate surface area is 216 Å². The number of hydrogen-bond donors (Lipinski definition) is 1. The number of nitrogens with zero attached hydrogens (tertiary/aromatic N) is 1. The Bertz CT molecular complexity index is 1210. The molecule has 0 spiro atoms. The summed E-state index contributed by atoms with van der Waals surface area (Å²) in [6.45, 7) is 1.09. The summed E-state index contributed by atoms with van der Waals surface area (Å²) in [7, 11) is 1.55. The predicted octanol–water partition coefficient (Wildman–Crippen LogP) is 2.92. The number of amides is 2. The van der Waals surface area contributed by atoms with Gasteiger partial charge in [-0.2, -0.15) is 0 Å². The van der Waals surface area contributed by atoms with Crippen LogP contribution in [-0.4, -0.2) is 59.5 Å². The highest BCUT2D eigenvalue weighted by Gasteiger charge is 2.54. The lowest BCUT2D eigenvalue weighted by atomic mass is 10.0. The zero-order chi connectivity index (χ0) is 25.8. The largest absolute Gasteiger partial charge is 0.497 e. The number of rotatable bonds is 8. The maximum absolute atomic E-state index is 13.1. The van der Waals surface area contributed by atoms with E-state index >= 15 is 0 Å². The van der Waals surface area contributed by atoms with Gasteiger partial charge in [-0.3, -0.25) is 19.3 Å². The fourth-order valence-electron chi connectivity index (χ4n) is 3.74. The predicted molar refractivity (Wildman–Crippen MR) is 132 cm³/mol. The fourth-order valence-corrected chi connectivity index (χ4v) is 5.19. The first kappa shape index (κ1) is 25.6. The molecular weight excluding hydrogens is 508 g/mol. The molecule has 188 valence electrons. The second-order valence-electron chi connectivity index (χ2n) is 8.02. The molecule has 1 N–H and O–H groups in total. The Morgan fingerprint density at radius 2 is 1.75 bits per heavy atom. The van der Waals surface area contributed by atoms with E-state index in [4.69, 9.17) is 25.8 Å². The molecule has 0 unspecified atom stereocenters. The number of halogens is 1. The number of nitrogens with one attached hydrogen (secondary N) is 1. The van der Waals surface area contributed by atoms with Crippen molar-refractivity contribution < 1.29 is 33.4 Å². The van der Waals surface area contributed by atoms with Gasteiger partial charge in [0.15, 0.2) is 0 Å². The zero-order valence-electron chi connectivity index (χ0n) is 19.5. The number of benzene rings is 2. The van der Waals surface area contributed by atoms with Crippen molar-refractivity contribution in [2.24, 2.45) is 0 Å². The first-order valence-electron chi connectivity index (χ1n) is 10.9. The van der Waals surface area contributed by atoms with Gasteiger partial charge in [-0.05, 0) is 42.0 Å². The van der Waals surface area contributed by atoms with Gasteiger partial charge < -0.3 is 19.5 Å². The molecule has 9 nitrogen and oxygen atoms in total. The van der Waals surface area contributed by atoms with Gasteiger partial charge in [0.05, 0.1) is 7.11 Å². The smallest absolute Gasteiger partial charge is 0.355 e. The van der Waals surface area contributed by atoms with E-state index in [1.165, 1.54) is 23.6 Å². The summed E-state index contributed by atoms with van der Waals surface area (Å²) in [5, 5.41) is 2.72. The normalized spacial score (nSPS) is 18.6. The maximum Gasteiger partial charge on any atom is 0.355 e. The third-order valence-electron chi connectivity index (χ3n) is 5.61. The lowest BCUT2D eigenvalue weighted by Gasteiger charge is -2.49. The minimum Gasteiger partial charge on any atom is -0.497 e. The van der Waals surface area contributed by atoms with Crippen molar-refractivity contribution in [3.05, 3.63) is 76.0 Å². The minimum atomic E-state index is -0.821. The van der Waals surface area contributed by atoms with Crippen LogP contribution in [0.2, 0.25) is 5.02 Å². The van der Waals surface area contributed by atoms with Crippen LogP contribution in [0, 0.1) is 0 Å². The molecular formula is C25H23ClN2O7S. The Balaban J connectivity index is 1.49. The SMILES string of the molecule is COc1ccc(COC(=O)C2=C(COC(C)=O)CS[C@@H]3[C@H](NC(=O)c4ccc(Cl)cc4)C(=O)N23)cc1. The lowest BCUT2D eigenvalue weighted by Crippen LogP contribution is -2.70. The van der Waals surface area contributed by atoms with Gasteiger partial charge in [-0.1, -0.05) is 23.7 Å². The topological polar surface area (TPSA) is 111 Å². The molecule has 2 aromatic carbocycles. The molecule has 2 aliphatic rings. The third-order valence-corrected chi connectivity index (χ3v) is 7.20. The van der Waals surface area contributed by atoms with Crippen molar-refractivity contribution in [3.8, 4) is 5.75 Å². The van der Waals surface area contributed by atoms with Gasteiger partial charge in [0, 0.05) is 28.8 Å². The van der Waals surface area contributed by atoms with E-state index < -0.39 is 35.2 Å². The molecule has 0 aromatic heterocycles. The summed E-state index contributed by atoms with van der Waals surface area (Å²) in [6.07, 6.45) is 0. The number of methoxy groups -OCH3 is 1. The molecule has 0 bridgehead atoms. The summed E-state index contributed by atoms with van der Waals surface area (Å²) in [4.78, 5) is 51.5. The standard InChI is InChI=1S/C25H23ClN2O7S/c1-14(29)34-12-17-13-36-24-20(27-22(30)16-5-7-18(26)8-6-16)23(31)28(24)21(17)25(32)35-11-15-3-9-19(33-2)10-4-15/h3-10,20,24H,11-13H2,1-2H3,(H,27,30)/t20-,24-/m1/s1. The number of ether oxygens (including phenoxy) is 3. The molecule has 0 aliphatic carbocycles. The van der Waals surface area contributed by atoms with Gasteiger partial charge in [-0.15, -0.1) is 11.8 Å². The van der Waals surface area contributed by atoms with Gasteiger partial charge in [0.1, 0.15) is 36.1 Å². The highest BCUT2D eigenvalue weighted by molar-refractivity contribution is 8.00. The summed E-state index contributed by atoms with van der Waals surface area (Å²) in [5.74, 6) is -1.11. The van der Waals surface area contributed by atoms with Crippen molar-refractivity contribution in [1.29, 1.82) is 0 Å². The van der Waals surface area contributed by atoms with Crippen molar-refractivity contribution in [3.63, 3.8) is 0 Å². The van der Waals surface area contributed by atoms with Crippen LogP contribution < -0.4 is 10.1 Å². The van der Waals surface area contributed by atoms with E-state index in [0.29, 0.717) is 27.7 Å². The van der Waals surface area contributed by atoms with Crippen molar-refractivity contribution in [1.82, 2.24) is 10.2 Å². The number of fused-ring (bicyclic) bond motifs is 1. The van der Waals surface area contributed by atoms with E-state index in [1.54, 1.807) is 55.6 Å². The first-order valence-corrected chi connectivity index (χ1v) is 12.4. The number of carbonyl (C=O) groups excluding carboxylic acids is 4. The second kappa shape index (κ2) is 11.0. The Morgan fingerprint density at radius 1 is 1.06 bits per heavy atom. The molecule has 11 heteroatoms. The average Bonchev–Trinajstić information content (AvgIpc) is 2.89. The van der Waals surface area contributed by atoms with E-state index in [0.717, 1.165) is 5.56 Å². The van der Waals surface area contributed by atoms with Crippen LogP contribution in [0.1, 0.15) is 22.8 Å². The lowest BCUT2D eigenvalue weighted by molar-refractivity contribution is -0.152. The van der Waals surface area contributed by atoms with Crippen LogP contribution in [-0.2, 0) is 30.5 Å². The highest BCUT2D eigenvalue weighted by atomic mass is 35.5. The third kappa shape index (κ3) is 5.50. The molecule has 2 amide bonds. The van der Waals surface area contributed by atoms with Crippen LogP contribution in [0.5, 0.6) is 5.75 Å². The van der Waals surface area contributed by atoms with Crippen LogP contribution >= 0.6 is 23.4 Å². The average molecular weight is 531 g/mol. The Kier molecular flexibility index (Phi) is 7.85. The summed E-state index contributed by atoms with van der Waals surface area (Å²) < 4.78 is 15.7. The van der Waals surface area contributed by atoms with Gasteiger partial charge >= 0.3 is 11.9 Å². The number of esters is 2. The zero-order valence-corrected chi connectivity index (χ0v) is 21.1. The number of β-lactam (4-membered cyclic amide) rings is 1. The van der Waals surface area contributed by atoms with Gasteiger partial charge in [0.25, 0.3) is 11.8 Å². The van der Waals surface area contributed by atoms with E-state index in [-0.39, 0.29) is 18.9 Å². The number of carbonyl (C=O) groups is 4. The molecule has 2 atom stereocenters. The summed E-state index contributed by atoms with van der Waals surface area (Å²) >= 11 is 7.24. The van der Waals surface area contributed by atoms with E-state index in [9.17, 15) is 19.2 Å². The van der Waals surface area contributed by atoms with Gasteiger partial charge in [0.2, 0.25) is 0 Å². The Hall–Kier alpha value is -3.50. The Morgan fingerprint density at radius 3 is 2.39 bits per heavy atom. The van der Waals surface area contributed by atoms with Crippen LogP contribution in [0.3, 0.4) is 0 Å². The van der Waals surface area contributed by atoms with E-state index in [1.807, 2.05) is 0 Å². The number of hydrogen-bond acceptors (Lipinski definition) is 8. The van der Waals surface area contributed by atoms with Crippen molar-refractivity contribution >= 4 is 47.1 Å². The highest BCUT2D eigenvalue weighted by Crippen LogP contribution is 2.41. The molecule has 2 aliphatic heterocycles. The molecule has 0 saturated carbocycles. The number of thioether (sulfide) groups is 1. The molecule has 36 heavy (non-hydrogen) atoms. The van der Waals surface area contributed by atoms with Crippen LogP contribution in [0.4, 0.5) is 0 Å². The second-order valence-corrected chi connectivity index (χ2v) is 9.57. The maximum atomic E-state index is 13.1. The molecule has 2 aromatic rings. The first-order chi connectivity index (χ1) is 17.3. The summed E-state index contributed by atoms with van der Waals surface area (Å²) in [5.41, 5.74) is 1.59. The molecule has 1 saturated heterocycles. The quantitative estimate of drug-likeness (QED) is 0.409. The fraction of sp³-hybridized carbons (Fsp3) is 0.280. The van der Waals surface area contributed by atoms with E-state index in [2.05, 4.69) is 5.32 Å². The van der Waals surface area contributed by atoms with Crippen molar-refractivity contribution in [2.45, 2.75) is 24.9 Å². The summed E-state index contributed by atoms with van der Waals surface area (Å²) in [6, 6.07) is 12.5. The van der Waals surface area contributed by atoms with Crippen LogP contribution in [0.15, 0.2) is 59.8 Å². The van der Waals surface area contributed by atoms with Gasteiger partial charge in [-0.25, -0.2) is 4.79 Å². The van der Waals surface area contributed by atoms with Crippen LogP contribution in [0.25, 0.3) is 0 Å². The minimum absolute atomic E-state index is 0.0241. The van der Waals surface area contributed by atoms with Crippen molar-refractivity contribution in [2.75, 3.05) is 19.5 Å².